The van der Waals surface area contributed by atoms with E-state index in [4.69, 9.17) is 4.99 Å². The lowest BCUT2D eigenvalue weighted by Gasteiger charge is -2.09. The van der Waals surface area contributed by atoms with E-state index in [0.29, 0.717) is 6.54 Å². The molecule has 0 saturated carbocycles. The molecule has 0 saturated heterocycles. The van der Waals surface area contributed by atoms with Gasteiger partial charge in [0.2, 0.25) is 0 Å². The van der Waals surface area contributed by atoms with Gasteiger partial charge in [-0.25, -0.2) is 0 Å². The Morgan fingerprint density at radius 1 is 1.09 bits per heavy atom. The van der Waals surface area contributed by atoms with Gasteiger partial charge in [-0.05, 0) is 45.4 Å². The van der Waals surface area contributed by atoms with Crippen molar-refractivity contribution in [3.05, 3.63) is 57.2 Å². The molecule has 5 nitrogen and oxygen atoms in total. The smallest absolute Gasteiger partial charge is 0.160 e. The van der Waals surface area contributed by atoms with Crippen molar-refractivity contribution in [3.8, 4) is 5.00 Å². The van der Waals surface area contributed by atoms with E-state index in [1.165, 1.54) is 16.0 Å². The van der Waals surface area contributed by atoms with Crippen LogP contribution in [-0.4, -0.2) is 25.5 Å². The van der Waals surface area contributed by atoms with E-state index in [-0.39, 0.29) is 0 Å². The molecule has 3 aromatic rings. The Hall–Kier alpha value is -2.34. The predicted octanol–water partition coefficient (Wildman–Crippen LogP) is 3.31. The molecule has 0 fully saturated rings. The van der Waals surface area contributed by atoms with Gasteiger partial charge in [0.1, 0.15) is 17.4 Å². The summed E-state index contributed by atoms with van der Waals surface area (Å²) in [6.45, 7) is 8.83. The van der Waals surface area contributed by atoms with Crippen molar-refractivity contribution in [3.63, 3.8) is 0 Å². The Bertz CT molecular complexity index is 931. The van der Waals surface area contributed by atoms with Crippen molar-refractivity contribution in [1.29, 1.82) is 0 Å². The van der Waals surface area contributed by atoms with Gasteiger partial charge < -0.3 is 0 Å². The average Bonchev–Trinajstić information content (AvgIpc) is 2.97. The summed E-state index contributed by atoms with van der Waals surface area (Å²) in [4.78, 5) is 10.6. The maximum Gasteiger partial charge on any atom is 0.160 e. The van der Waals surface area contributed by atoms with Crippen molar-refractivity contribution >= 4 is 17.0 Å². The molecule has 0 aliphatic carbocycles. The predicted molar refractivity (Wildman–Crippen MR) is 91.8 cm³/mol. The summed E-state index contributed by atoms with van der Waals surface area (Å²) < 4.78 is 2.14. The van der Waals surface area contributed by atoms with Crippen LogP contribution in [0.1, 0.15) is 38.9 Å². The summed E-state index contributed by atoms with van der Waals surface area (Å²) in [6, 6.07) is 4.12. The van der Waals surface area contributed by atoms with Crippen LogP contribution in [0.3, 0.4) is 0 Å². The molecule has 0 spiro atoms. The quantitative estimate of drug-likeness (QED) is 0.690. The Labute approximate surface area is 138 Å². The number of rotatable bonds is 1. The highest BCUT2D eigenvalue weighted by molar-refractivity contribution is 7.15. The lowest BCUT2D eigenvalue weighted by molar-refractivity contribution is 0.869. The number of aromatic nitrogens is 4. The molecule has 0 bridgehead atoms. The van der Waals surface area contributed by atoms with E-state index in [9.17, 15) is 0 Å². The second kappa shape index (κ2) is 5.09. The van der Waals surface area contributed by atoms with Crippen LogP contribution in [0.25, 0.3) is 5.00 Å². The van der Waals surface area contributed by atoms with Gasteiger partial charge in [-0.3, -0.25) is 14.5 Å². The topological polar surface area (TPSA) is 56.0 Å². The second-order valence-corrected chi connectivity index (χ2v) is 7.02. The molecule has 0 N–H and O–H groups in total. The maximum atomic E-state index is 4.85. The Morgan fingerprint density at radius 2 is 1.91 bits per heavy atom. The summed E-state index contributed by atoms with van der Waals surface area (Å²) >= 11 is 1.77. The largest absolute Gasteiger partial charge is 0.276 e. The van der Waals surface area contributed by atoms with Gasteiger partial charge in [-0.2, -0.15) is 0 Å². The van der Waals surface area contributed by atoms with Gasteiger partial charge in [0.15, 0.2) is 5.82 Å². The fourth-order valence-corrected chi connectivity index (χ4v) is 4.12. The minimum absolute atomic E-state index is 0.532. The van der Waals surface area contributed by atoms with Gasteiger partial charge in [0.25, 0.3) is 0 Å². The van der Waals surface area contributed by atoms with Crippen LogP contribution < -0.4 is 0 Å². The first kappa shape index (κ1) is 14.3. The first-order valence-electron chi connectivity index (χ1n) is 7.55. The number of aliphatic imine (C=N–C) groups is 1. The number of fused-ring (bicyclic) bond motifs is 3. The monoisotopic (exact) mass is 323 g/mol. The molecule has 0 radical (unpaired) electrons. The van der Waals surface area contributed by atoms with Crippen LogP contribution in [0.15, 0.2) is 23.3 Å². The molecule has 4 heterocycles. The fraction of sp³-hybridized carbons (Fsp3) is 0.294. The highest BCUT2D eigenvalue weighted by Crippen LogP contribution is 2.35. The molecule has 6 heteroatoms. The SMILES string of the molecule is Cc1ccc(C2=NCc3nnc(C)n3-c3sc(C)c(C)c32)cn1. The van der Waals surface area contributed by atoms with Crippen LogP contribution in [-0.2, 0) is 6.54 Å². The van der Waals surface area contributed by atoms with Crippen molar-refractivity contribution < 1.29 is 0 Å². The molecule has 4 rings (SSSR count). The maximum absolute atomic E-state index is 4.85. The third-order valence-electron chi connectivity index (χ3n) is 4.26. The third kappa shape index (κ3) is 2.13. The fourth-order valence-electron chi connectivity index (χ4n) is 2.89. The second-order valence-electron chi connectivity index (χ2n) is 5.82. The van der Waals surface area contributed by atoms with Crippen LogP contribution in [0, 0.1) is 27.7 Å². The van der Waals surface area contributed by atoms with E-state index >= 15 is 0 Å². The minimum Gasteiger partial charge on any atom is -0.276 e. The first-order chi connectivity index (χ1) is 11.1. The molecule has 0 atom stereocenters. The molecule has 0 unspecified atom stereocenters. The standard InChI is InChI=1S/C17H17N5S/c1-9-5-6-13(7-18-9)16-15-10(2)11(3)23-17(15)22-12(4)20-21-14(22)8-19-16/h5-7H,8H2,1-4H3. The lowest BCUT2D eigenvalue weighted by Crippen LogP contribution is -2.07. The van der Waals surface area contributed by atoms with Gasteiger partial charge in [0.05, 0.1) is 5.71 Å². The summed E-state index contributed by atoms with van der Waals surface area (Å²) in [6.07, 6.45) is 1.91. The van der Waals surface area contributed by atoms with E-state index in [2.05, 4.69) is 39.7 Å². The molecule has 0 aromatic carbocycles. The van der Waals surface area contributed by atoms with Crippen LogP contribution >= 0.6 is 11.3 Å². The molecule has 116 valence electrons. The van der Waals surface area contributed by atoms with E-state index in [1.807, 2.05) is 26.1 Å². The lowest BCUT2D eigenvalue weighted by atomic mass is 10.0. The normalized spacial score (nSPS) is 13.3. The van der Waals surface area contributed by atoms with E-state index in [0.717, 1.165) is 33.6 Å². The zero-order valence-electron chi connectivity index (χ0n) is 13.6. The van der Waals surface area contributed by atoms with Crippen molar-refractivity contribution in [2.24, 2.45) is 4.99 Å². The van der Waals surface area contributed by atoms with E-state index < -0.39 is 0 Å². The molecule has 1 aliphatic heterocycles. The average molecular weight is 323 g/mol. The highest BCUT2D eigenvalue weighted by Gasteiger charge is 2.26. The van der Waals surface area contributed by atoms with Crippen molar-refractivity contribution in [2.45, 2.75) is 34.2 Å². The Balaban J connectivity index is 2.00. The van der Waals surface area contributed by atoms with Gasteiger partial charge >= 0.3 is 0 Å². The third-order valence-corrected chi connectivity index (χ3v) is 5.45. The molecule has 23 heavy (non-hydrogen) atoms. The molecule has 3 aromatic heterocycles. The number of pyridine rings is 1. The molecule has 1 aliphatic rings. The zero-order valence-corrected chi connectivity index (χ0v) is 14.4. The number of hydrogen-bond donors (Lipinski definition) is 0. The summed E-state index contributed by atoms with van der Waals surface area (Å²) in [7, 11) is 0. The summed E-state index contributed by atoms with van der Waals surface area (Å²) in [5.74, 6) is 1.79. The summed E-state index contributed by atoms with van der Waals surface area (Å²) in [5.41, 5.74) is 5.51. The van der Waals surface area contributed by atoms with E-state index in [1.54, 1.807) is 11.3 Å². The molecular weight excluding hydrogens is 306 g/mol. The Morgan fingerprint density at radius 3 is 2.65 bits per heavy atom. The Kier molecular flexibility index (Phi) is 3.16. The summed E-state index contributed by atoms with van der Waals surface area (Å²) in [5, 5.41) is 9.68. The number of hydrogen-bond acceptors (Lipinski definition) is 5. The minimum atomic E-state index is 0.532. The number of nitrogens with zero attached hydrogens (tertiary/aromatic N) is 5. The number of aryl methyl sites for hydroxylation is 3. The molecular formula is C17H17N5S. The molecule has 0 amide bonds. The number of thiophene rings is 1. The highest BCUT2D eigenvalue weighted by atomic mass is 32.1. The van der Waals surface area contributed by atoms with Crippen molar-refractivity contribution in [1.82, 2.24) is 19.7 Å². The van der Waals surface area contributed by atoms with Crippen LogP contribution in [0.2, 0.25) is 0 Å². The van der Waals surface area contributed by atoms with Crippen LogP contribution in [0.5, 0.6) is 0 Å². The van der Waals surface area contributed by atoms with Crippen molar-refractivity contribution in [2.75, 3.05) is 0 Å². The van der Waals surface area contributed by atoms with Gasteiger partial charge in [-0.1, -0.05) is 0 Å². The van der Waals surface area contributed by atoms with Gasteiger partial charge in [-0.15, -0.1) is 21.5 Å². The first-order valence-corrected chi connectivity index (χ1v) is 8.37. The zero-order chi connectivity index (χ0) is 16.1. The van der Waals surface area contributed by atoms with Crippen LogP contribution in [0.4, 0.5) is 0 Å². The van der Waals surface area contributed by atoms with Gasteiger partial charge in [0, 0.05) is 27.9 Å².